The van der Waals surface area contributed by atoms with E-state index in [-0.39, 0.29) is 25.2 Å². The lowest BCUT2D eigenvalue weighted by Crippen LogP contribution is -2.64. The van der Waals surface area contributed by atoms with E-state index in [9.17, 15) is 24.0 Å². The Balaban J connectivity index is 1.81. The van der Waals surface area contributed by atoms with Gasteiger partial charge >= 0.3 is 5.97 Å². The van der Waals surface area contributed by atoms with Crippen molar-refractivity contribution in [3.8, 4) is 0 Å². The van der Waals surface area contributed by atoms with Crippen LogP contribution < -0.4 is 10.6 Å². The molecule has 0 saturated carbocycles. The minimum Gasteiger partial charge on any atom is -0.469 e. The second-order valence-electron chi connectivity index (χ2n) is 8.62. The summed E-state index contributed by atoms with van der Waals surface area (Å²) in [7, 11) is 2.71. The number of methoxy groups -OCH3 is 2. The summed E-state index contributed by atoms with van der Waals surface area (Å²) in [6.45, 7) is 2.00. The van der Waals surface area contributed by atoms with Gasteiger partial charge in [0, 0.05) is 25.6 Å². The number of carbonyl (C=O) groups excluding carboxylic acids is 5. The molecule has 0 spiro atoms. The van der Waals surface area contributed by atoms with Gasteiger partial charge in [0.15, 0.2) is 0 Å². The number of hydrogen-bond acceptors (Lipinski definition) is 7. The Morgan fingerprint density at radius 2 is 1.83 bits per heavy atom. The van der Waals surface area contributed by atoms with E-state index in [2.05, 4.69) is 10.6 Å². The molecule has 2 saturated heterocycles. The first-order valence-corrected chi connectivity index (χ1v) is 11.7. The summed E-state index contributed by atoms with van der Waals surface area (Å²) in [6, 6.07) is 5.83. The van der Waals surface area contributed by atoms with Gasteiger partial charge < -0.3 is 20.1 Å². The first-order chi connectivity index (χ1) is 16.8. The van der Waals surface area contributed by atoms with E-state index < -0.39 is 47.9 Å². The number of ether oxygens (including phenoxy) is 2. The molecular formula is C24H32N4O7. The Morgan fingerprint density at radius 1 is 1.11 bits per heavy atom. The maximum absolute atomic E-state index is 13.5. The number of fused-ring (bicyclic) bond motifs is 1. The van der Waals surface area contributed by atoms with Crippen molar-refractivity contribution in [3.63, 3.8) is 0 Å². The van der Waals surface area contributed by atoms with E-state index >= 15 is 0 Å². The summed E-state index contributed by atoms with van der Waals surface area (Å²) < 4.78 is 10.0. The Kier molecular flexibility index (Phi) is 8.80. The summed E-state index contributed by atoms with van der Waals surface area (Å²) >= 11 is 0. The van der Waals surface area contributed by atoms with E-state index in [1.807, 2.05) is 0 Å². The van der Waals surface area contributed by atoms with Crippen LogP contribution in [0.15, 0.2) is 30.3 Å². The molecule has 2 N–H and O–H groups in total. The van der Waals surface area contributed by atoms with Gasteiger partial charge in [0.25, 0.3) is 11.8 Å². The van der Waals surface area contributed by atoms with E-state index in [0.29, 0.717) is 24.9 Å². The van der Waals surface area contributed by atoms with Gasteiger partial charge in [0.05, 0.1) is 25.7 Å². The molecule has 3 rings (SSSR count). The SMILES string of the molecule is COC(=O)C[C@H](NC(=O)[C@H]1CCCN2C(=O)CC[C@H](NC(=O)c3ccccc3)C(=O)N12)C(C)OC. The van der Waals surface area contributed by atoms with E-state index in [0.717, 1.165) is 0 Å². The number of hydrogen-bond donors (Lipinski definition) is 2. The molecule has 2 aliphatic rings. The van der Waals surface area contributed by atoms with Crippen LogP contribution in [0.4, 0.5) is 0 Å². The molecule has 1 unspecified atom stereocenters. The zero-order valence-corrected chi connectivity index (χ0v) is 20.2. The maximum atomic E-state index is 13.5. The number of esters is 1. The molecular weight excluding hydrogens is 456 g/mol. The van der Waals surface area contributed by atoms with E-state index in [1.165, 1.54) is 24.2 Å². The molecule has 0 bridgehead atoms. The summed E-state index contributed by atoms with van der Waals surface area (Å²) in [5.41, 5.74) is 0.389. The van der Waals surface area contributed by atoms with E-state index in [4.69, 9.17) is 9.47 Å². The largest absolute Gasteiger partial charge is 0.469 e. The lowest BCUT2D eigenvalue weighted by atomic mass is 10.0. The van der Waals surface area contributed by atoms with Crippen molar-refractivity contribution in [1.82, 2.24) is 20.7 Å². The normalized spacial score (nSPS) is 21.9. The molecule has 2 fully saturated rings. The van der Waals surface area contributed by atoms with Gasteiger partial charge in [-0.1, -0.05) is 18.2 Å². The van der Waals surface area contributed by atoms with Crippen molar-refractivity contribution >= 4 is 29.6 Å². The van der Waals surface area contributed by atoms with Crippen LogP contribution in [0.3, 0.4) is 0 Å². The van der Waals surface area contributed by atoms with Crippen LogP contribution in [-0.2, 0) is 28.7 Å². The Hall–Kier alpha value is -3.47. The zero-order chi connectivity index (χ0) is 25.5. The summed E-state index contributed by atoms with van der Waals surface area (Å²) in [4.78, 5) is 64.2. The first kappa shape index (κ1) is 26.1. The molecule has 35 heavy (non-hydrogen) atoms. The highest BCUT2D eigenvalue weighted by Crippen LogP contribution is 2.25. The summed E-state index contributed by atoms with van der Waals surface area (Å²) in [5.74, 6) is -2.28. The number of rotatable bonds is 8. The second-order valence-corrected chi connectivity index (χ2v) is 8.62. The van der Waals surface area contributed by atoms with Gasteiger partial charge in [0.2, 0.25) is 11.8 Å². The molecule has 0 radical (unpaired) electrons. The number of carbonyl (C=O) groups is 5. The molecule has 2 heterocycles. The molecule has 1 aromatic carbocycles. The average Bonchev–Trinajstić information content (AvgIpc) is 3.00. The van der Waals surface area contributed by atoms with E-state index in [1.54, 1.807) is 37.3 Å². The second kappa shape index (κ2) is 11.8. The molecule has 190 valence electrons. The molecule has 11 heteroatoms. The lowest BCUT2D eigenvalue weighted by molar-refractivity contribution is -0.176. The van der Waals surface area contributed by atoms with Crippen molar-refractivity contribution < 1.29 is 33.4 Å². The number of amides is 4. The third kappa shape index (κ3) is 6.16. The molecule has 2 aliphatic heterocycles. The first-order valence-electron chi connectivity index (χ1n) is 11.7. The fraction of sp³-hybridized carbons (Fsp3) is 0.542. The van der Waals surface area contributed by atoms with Crippen LogP contribution >= 0.6 is 0 Å². The number of hydrazine groups is 1. The van der Waals surface area contributed by atoms with Crippen molar-refractivity contribution in [3.05, 3.63) is 35.9 Å². The van der Waals surface area contributed by atoms with Gasteiger partial charge in [-0.05, 0) is 38.3 Å². The van der Waals surface area contributed by atoms with Gasteiger partial charge in [-0.15, -0.1) is 0 Å². The lowest BCUT2D eigenvalue weighted by Gasteiger charge is -2.43. The van der Waals surface area contributed by atoms with Crippen LogP contribution in [0.2, 0.25) is 0 Å². The molecule has 11 nitrogen and oxygen atoms in total. The fourth-order valence-electron chi connectivity index (χ4n) is 4.28. The third-order valence-corrected chi connectivity index (χ3v) is 6.39. The number of nitrogens with zero attached hydrogens (tertiary/aromatic N) is 2. The predicted molar refractivity (Wildman–Crippen MR) is 124 cm³/mol. The summed E-state index contributed by atoms with van der Waals surface area (Å²) in [6.07, 6.45) is 0.419. The Morgan fingerprint density at radius 3 is 2.49 bits per heavy atom. The molecule has 0 aromatic heterocycles. The quantitative estimate of drug-likeness (QED) is 0.506. The van der Waals surface area contributed by atoms with Crippen molar-refractivity contribution in [1.29, 1.82) is 0 Å². The molecule has 0 aliphatic carbocycles. The highest BCUT2D eigenvalue weighted by Gasteiger charge is 2.45. The Bertz CT molecular complexity index is 954. The monoisotopic (exact) mass is 488 g/mol. The van der Waals surface area contributed by atoms with Crippen LogP contribution in [0.25, 0.3) is 0 Å². The molecule has 4 atom stereocenters. The minimum atomic E-state index is -0.973. The topological polar surface area (TPSA) is 134 Å². The van der Waals surface area contributed by atoms with Gasteiger partial charge in [-0.3, -0.25) is 29.0 Å². The van der Waals surface area contributed by atoms with Crippen LogP contribution in [0.5, 0.6) is 0 Å². The maximum Gasteiger partial charge on any atom is 0.307 e. The van der Waals surface area contributed by atoms with Crippen molar-refractivity contribution in [2.24, 2.45) is 0 Å². The summed E-state index contributed by atoms with van der Waals surface area (Å²) in [5, 5.41) is 7.99. The van der Waals surface area contributed by atoms with Gasteiger partial charge in [-0.25, -0.2) is 5.01 Å². The van der Waals surface area contributed by atoms with Crippen molar-refractivity contribution in [2.45, 2.75) is 63.3 Å². The van der Waals surface area contributed by atoms with Gasteiger partial charge in [0.1, 0.15) is 12.1 Å². The standard InChI is InChI=1S/C24H32N4O7/c1-15(34-2)18(14-21(30)35-3)26-23(32)19-10-7-13-27-20(29)12-11-17(24(33)28(19)27)25-22(31)16-8-5-4-6-9-16/h4-6,8-9,15,17-19H,7,10-14H2,1-3H3,(H,25,31)(H,26,32)/t15?,17-,18-,19+/m0/s1. The molecule has 1 aromatic rings. The van der Waals surface area contributed by atoms with Crippen LogP contribution in [0, 0.1) is 0 Å². The molecule has 4 amide bonds. The highest BCUT2D eigenvalue weighted by molar-refractivity contribution is 5.99. The third-order valence-electron chi connectivity index (χ3n) is 6.39. The van der Waals surface area contributed by atoms with Crippen LogP contribution in [-0.4, -0.2) is 84.6 Å². The fourth-order valence-corrected chi connectivity index (χ4v) is 4.28. The zero-order valence-electron chi connectivity index (χ0n) is 20.2. The van der Waals surface area contributed by atoms with Gasteiger partial charge in [-0.2, -0.15) is 0 Å². The average molecular weight is 489 g/mol. The minimum absolute atomic E-state index is 0.0575. The highest BCUT2D eigenvalue weighted by atomic mass is 16.5. The Labute approximate surface area is 204 Å². The van der Waals surface area contributed by atoms with Crippen molar-refractivity contribution in [2.75, 3.05) is 20.8 Å². The smallest absolute Gasteiger partial charge is 0.307 e. The van der Waals surface area contributed by atoms with Crippen LogP contribution in [0.1, 0.15) is 49.4 Å². The predicted octanol–water partition coefficient (Wildman–Crippen LogP) is 0.396. The number of nitrogens with one attached hydrogen (secondary N) is 2. The number of benzene rings is 1.